The molecule has 0 amide bonds. The summed E-state index contributed by atoms with van der Waals surface area (Å²) in [7, 11) is -3.48. The summed E-state index contributed by atoms with van der Waals surface area (Å²) >= 11 is 1.87. The van der Waals surface area contributed by atoms with Gasteiger partial charge in [-0.15, -0.1) is 0 Å². The minimum Gasteiger partial charge on any atom is -0.392 e. The molecular formula is C13H19NO3S2. The van der Waals surface area contributed by atoms with Crippen LogP contribution >= 0.6 is 11.8 Å². The Morgan fingerprint density at radius 1 is 1.47 bits per heavy atom. The van der Waals surface area contributed by atoms with Gasteiger partial charge in [-0.25, -0.2) is 13.1 Å². The van der Waals surface area contributed by atoms with E-state index >= 15 is 0 Å². The van der Waals surface area contributed by atoms with Crippen LogP contribution in [0.3, 0.4) is 0 Å². The number of rotatable bonds is 5. The maximum Gasteiger partial charge on any atom is 0.240 e. The highest BCUT2D eigenvalue weighted by Crippen LogP contribution is 2.23. The Bertz CT molecular complexity index is 537. The molecule has 4 nitrogen and oxygen atoms in total. The Hall–Kier alpha value is -0.560. The number of aliphatic hydroxyl groups excluding tert-OH is 1. The third-order valence-electron chi connectivity index (χ3n) is 3.31. The van der Waals surface area contributed by atoms with E-state index in [9.17, 15) is 8.42 Å². The lowest BCUT2D eigenvalue weighted by molar-refractivity contribution is 0.281. The average molecular weight is 301 g/mol. The molecule has 2 N–H and O–H groups in total. The zero-order valence-electron chi connectivity index (χ0n) is 10.9. The number of aryl methyl sites for hydroxylation is 1. The lowest BCUT2D eigenvalue weighted by Gasteiger charge is -2.13. The molecule has 0 radical (unpaired) electrons. The smallest absolute Gasteiger partial charge is 0.240 e. The number of sulfonamides is 1. The first kappa shape index (κ1) is 14.8. The second-order valence-corrected chi connectivity index (χ2v) is 7.72. The maximum absolute atomic E-state index is 12.3. The summed E-state index contributed by atoms with van der Waals surface area (Å²) in [6.07, 6.45) is 1.07. The van der Waals surface area contributed by atoms with Gasteiger partial charge in [0.05, 0.1) is 11.5 Å². The number of hydrogen-bond donors (Lipinski definition) is 2. The van der Waals surface area contributed by atoms with Crippen molar-refractivity contribution in [3.05, 3.63) is 29.3 Å². The van der Waals surface area contributed by atoms with Crippen LogP contribution in [0.25, 0.3) is 0 Å². The predicted molar refractivity (Wildman–Crippen MR) is 77.7 cm³/mol. The van der Waals surface area contributed by atoms with Crippen molar-refractivity contribution < 1.29 is 13.5 Å². The largest absolute Gasteiger partial charge is 0.392 e. The van der Waals surface area contributed by atoms with Crippen LogP contribution in [0, 0.1) is 12.8 Å². The van der Waals surface area contributed by atoms with E-state index in [0.29, 0.717) is 23.6 Å². The van der Waals surface area contributed by atoms with Crippen molar-refractivity contribution in [1.29, 1.82) is 0 Å². The van der Waals surface area contributed by atoms with Crippen LogP contribution in [0.4, 0.5) is 0 Å². The van der Waals surface area contributed by atoms with Crippen LogP contribution in [0.2, 0.25) is 0 Å². The van der Waals surface area contributed by atoms with Gasteiger partial charge in [-0.2, -0.15) is 11.8 Å². The molecule has 0 aromatic heterocycles. The highest BCUT2D eigenvalue weighted by atomic mass is 32.2. The molecule has 0 bridgehead atoms. The van der Waals surface area contributed by atoms with Gasteiger partial charge in [0.1, 0.15) is 0 Å². The number of nitrogens with one attached hydrogen (secondary N) is 1. The van der Waals surface area contributed by atoms with Gasteiger partial charge in [0.15, 0.2) is 0 Å². The monoisotopic (exact) mass is 301 g/mol. The molecule has 1 saturated heterocycles. The molecule has 0 saturated carbocycles. The number of aliphatic hydroxyl groups is 1. The minimum absolute atomic E-state index is 0.151. The molecule has 19 heavy (non-hydrogen) atoms. The van der Waals surface area contributed by atoms with E-state index in [-0.39, 0.29) is 11.5 Å². The van der Waals surface area contributed by atoms with E-state index in [0.717, 1.165) is 17.9 Å². The van der Waals surface area contributed by atoms with Gasteiger partial charge < -0.3 is 5.11 Å². The van der Waals surface area contributed by atoms with Gasteiger partial charge in [-0.1, -0.05) is 12.1 Å². The summed E-state index contributed by atoms with van der Waals surface area (Å²) in [5.41, 5.74) is 1.31. The minimum atomic E-state index is -3.48. The maximum atomic E-state index is 12.3. The van der Waals surface area contributed by atoms with E-state index in [2.05, 4.69) is 4.72 Å². The van der Waals surface area contributed by atoms with Crippen molar-refractivity contribution in [3.63, 3.8) is 0 Å². The SMILES string of the molecule is Cc1ccc(CO)cc1S(=O)(=O)NCC1CCSC1. The molecule has 1 atom stereocenters. The molecule has 6 heteroatoms. The molecule has 1 aliphatic heterocycles. The zero-order chi connectivity index (χ0) is 13.9. The summed E-state index contributed by atoms with van der Waals surface area (Å²) < 4.78 is 27.2. The van der Waals surface area contributed by atoms with Gasteiger partial charge in [0, 0.05) is 6.54 Å². The highest BCUT2D eigenvalue weighted by Gasteiger charge is 2.21. The van der Waals surface area contributed by atoms with Crippen molar-refractivity contribution in [2.45, 2.75) is 24.8 Å². The normalized spacial score (nSPS) is 19.8. The van der Waals surface area contributed by atoms with Crippen LogP contribution in [-0.2, 0) is 16.6 Å². The van der Waals surface area contributed by atoms with Gasteiger partial charge in [-0.3, -0.25) is 0 Å². The summed E-state index contributed by atoms with van der Waals surface area (Å²) in [6, 6.07) is 5.01. The molecule has 0 spiro atoms. The lowest BCUT2D eigenvalue weighted by atomic mass is 10.1. The fraction of sp³-hybridized carbons (Fsp3) is 0.538. The molecule has 1 heterocycles. The van der Waals surface area contributed by atoms with Gasteiger partial charge in [0.25, 0.3) is 0 Å². The Morgan fingerprint density at radius 2 is 2.26 bits per heavy atom. The first-order chi connectivity index (χ1) is 9.03. The van der Waals surface area contributed by atoms with Crippen molar-refractivity contribution in [3.8, 4) is 0 Å². The fourth-order valence-corrected chi connectivity index (χ4v) is 4.78. The van der Waals surface area contributed by atoms with Crippen molar-refractivity contribution in [2.75, 3.05) is 18.1 Å². The topological polar surface area (TPSA) is 66.4 Å². The van der Waals surface area contributed by atoms with E-state index in [4.69, 9.17) is 5.11 Å². The number of hydrogen-bond acceptors (Lipinski definition) is 4. The van der Waals surface area contributed by atoms with E-state index < -0.39 is 10.0 Å². The summed E-state index contributed by atoms with van der Waals surface area (Å²) in [4.78, 5) is 0.268. The molecule has 1 aromatic rings. The molecule has 2 rings (SSSR count). The summed E-state index contributed by atoms with van der Waals surface area (Å²) in [5, 5.41) is 9.10. The van der Waals surface area contributed by atoms with Crippen LogP contribution in [0.15, 0.2) is 23.1 Å². The summed E-state index contributed by atoms with van der Waals surface area (Å²) in [6.45, 7) is 2.11. The lowest BCUT2D eigenvalue weighted by Crippen LogP contribution is -2.30. The van der Waals surface area contributed by atoms with Gasteiger partial charge in [0.2, 0.25) is 10.0 Å². The standard InChI is InChI=1S/C13H19NO3S2/c1-10-2-3-11(8-15)6-13(10)19(16,17)14-7-12-4-5-18-9-12/h2-3,6,12,14-15H,4-5,7-9H2,1H3. The van der Waals surface area contributed by atoms with Crippen LogP contribution < -0.4 is 4.72 Å². The molecule has 106 valence electrons. The second-order valence-electron chi connectivity index (χ2n) is 4.84. The summed E-state index contributed by atoms with van der Waals surface area (Å²) in [5.74, 6) is 2.57. The zero-order valence-corrected chi connectivity index (χ0v) is 12.6. The van der Waals surface area contributed by atoms with Crippen LogP contribution in [-0.4, -0.2) is 31.6 Å². The molecular weight excluding hydrogens is 282 g/mol. The molecule has 1 unspecified atom stereocenters. The molecule has 0 aliphatic carbocycles. The van der Waals surface area contributed by atoms with Gasteiger partial charge in [-0.05, 0) is 48.0 Å². The van der Waals surface area contributed by atoms with E-state index in [1.54, 1.807) is 25.1 Å². The van der Waals surface area contributed by atoms with Gasteiger partial charge >= 0.3 is 0 Å². The number of benzene rings is 1. The quantitative estimate of drug-likeness (QED) is 0.865. The third kappa shape index (κ3) is 3.72. The predicted octanol–water partition coefficient (Wildman–Crippen LogP) is 1.52. The van der Waals surface area contributed by atoms with Crippen LogP contribution in [0.1, 0.15) is 17.5 Å². The van der Waals surface area contributed by atoms with E-state index in [1.165, 1.54) is 0 Å². The first-order valence-electron chi connectivity index (χ1n) is 6.31. The Kier molecular flexibility index (Phi) is 4.89. The Morgan fingerprint density at radius 3 is 2.89 bits per heavy atom. The third-order valence-corrected chi connectivity index (χ3v) is 6.11. The van der Waals surface area contributed by atoms with Crippen molar-refractivity contribution in [1.82, 2.24) is 4.72 Å². The van der Waals surface area contributed by atoms with Crippen LogP contribution in [0.5, 0.6) is 0 Å². The second kappa shape index (κ2) is 6.26. The molecule has 1 fully saturated rings. The Labute approximate surface area is 118 Å². The number of thioether (sulfide) groups is 1. The average Bonchev–Trinajstić information content (AvgIpc) is 2.90. The highest BCUT2D eigenvalue weighted by molar-refractivity contribution is 7.99. The molecule has 1 aliphatic rings. The first-order valence-corrected chi connectivity index (χ1v) is 8.94. The Balaban J connectivity index is 2.13. The van der Waals surface area contributed by atoms with Crippen molar-refractivity contribution >= 4 is 21.8 Å². The molecule has 1 aromatic carbocycles. The van der Waals surface area contributed by atoms with E-state index in [1.807, 2.05) is 11.8 Å². The van der Waals surface area contributed by atoms with Crippen molar-refractivity contribution in [2.24, 2.45) is 5.92 Å². The fourth-order valence-electron chi connectivity index (χ4n) is 2.08.